The maximum atomic E-state index is 12.5. The van der Waals surface area contributed by atoms with E-state index in [1.165, 1.54) is 24.1 Å². The predicted octanol–water partition coefficient (Wildman–Crippen LogP) is 2.68. The van der Waals surface area contributed by atoms with E-state index < -0.39 is 11.9 Å². The molecule has 122 valence electrons. The van der Waals surface area contributed by atoms with Crippen molar-refractivity contribution in [1.29, 1.82) is 0 Å². The highest BCUT2D eigenvalue weighted by Crippen LogP contribution is 2.36. The molecule has 1 aromatic carbocycles. The lowest BCUT2D eigenvalue weighted by atomic mass is 10.1. The summed E-state index contributed by atoms with van der Waals surface area (Å²) in [6.07, 6.45) is 0.654. The molecule has 0 spiro atoms. The van der Waals surface area contributed by atoms with E-state index in [1.807, 2.05) is 13.8 Å². The summed E-state index contributed by atoms with van der Waals surface area (Å²) in [6, 6.07) is 2.96. The number of ether oxygens (including phenoxy) is 2. The number of carboxylic acids is 1. The number of amides is 1. The third kappa shape index (κ3) is 4.53. The van der Waals surface area contributed by atoms with Gasteiger partial charge < -0.3 is 19.5 Å². The minimum Gasteiger partial charge on any atom is -0.493 e. The van der Waals surface area contributed by atoms with Crippen LogP contribution >= 0.6 is 11.6 Å². The van der Waals surface area contributed by atoms with Gasteiger partial charge in [-0.1, -0.05) is 18.5 Å². The van der Waals surface area contributed by atoms with Crippen molar-refractivity contribution in [1.82, 2.24) is 4.90 Å². The second-order valence-corrected chi connectivity index (χ2v) is 4.95. The van der Waals surface area contributed by atoms with Crippen molar-refractivity contribution in [3.8, 4) is 11.5 Å². The summed E-state index contributed by atoms with van der Waals surface area (Å²) < 4.78 is 10.6. The maximum absolute atomic E-state index is 12.5. The Morgan fingerprint density at radius 1 is 1.32 bits per heavy atom. The van der Waals surface area contributed by atoms with Crippen molar-refractivity contribution in [3.05, 3.63) is 22.7 Å². The Labute approximate surface area is 134 Å². The van der Waals surface area contributed by atoms with Crippen LogP contribution in [0, 0.1) is 0 Å². The quantitative estimate of drug-likeness (QED) is 0.793. The summed E-state index contributed by atoms with van der Waals surface area (Å²) in [7, 11) is 1.45. The molecule has 0 unspecified atom stereocenters. The zero-order valence-electron chi connectivity index (χ0n) is 12.9. The van der Waals surface area contributed by atoms with Gasteiger partial charge in [0, 0.05) is 12.1 Å². The summed E-state index contributed by atoms with van der Waals surface area (Å²) in [5.74, 6) is -0.772. The van der Waals surface area contributed by atoms with Crippen molar-refractivity contribution in [2.45, 2.75) is 20.3 Å². The molecular weight excluding hydrogens is 310 g/mol. The van der Waals surface area contributed by atoms with Gasteiger partial charge in [0.15, 0.2) is 11.5 Å². The molecule has 0 aliphatic heterocycles. The lowest BCUT2D eigenvalue weighted by Gasteiger charge is -2.21. The van der Waals surface area contributed by atoms with Crippen molar-refractivity contribution >= 4 is 23.5 Å². The third-order valence-electron chi connectivity index (χ3n) is 2.87. The van der Waals surface area contributed by atoms with Crippen LogP contribution in [0.1, 0.15) is 30.6 Å². The number of hydrogen-bond acceptors (Lipinski definition) is 4. The van der Waals surface area contributed by atoms with E-state index in [1.54, 1.807) is 0 Å². The van der Waals surface area contributed by atoms with Crippen LogP contribution in [0.5, 0.6) is 11.5 Å². The van der Waals surface area contributed by atoms with Gasteiger partial charge in [-0.05, 0) is 25.5 Å². The lowest BCUT2D eigenvalue weighted by molar-refractivity contribution is -0.137. The third-order valence-corrected chi connectivity index (χ3v) is 3.15. The van der Waals surface area contributed by atoms with Gasteiger partial charge in [-0.2, -0.15) is 0 Å². The summed E-state index contributed by atoms with van der Waals surface area (Å²) in [5.41, 5.74) is 0.264. The van der Waals surface area contributed by atoms with Crippen LogP contribution in [0.15, 0.2) is 12.1 Å². The number of aliphatic carboxylic acids is 1. The number of nitrogens with zero attached hydrogens (tertiary/aromatic N) is 1. The summed E-state index contributed by atoms with van der Waals surface area (Å²) in [4.78, 5) is 24.6. The Morgan fingerprint density at radius 2 is 2.00 bits per heavy atom. The van der Waals surface area contributed by atoms with Gasteiger partial charge in [-0.25, -0.2) is 0 Å². The van der Waals surface area contributed by atoms with E-state index in [2.05, 4.69) is 0 Å². The first-order valence-corrected chi connectivity index (χ1v) is 7.33. The monoisotopic (exact) mass is 329 g/mol. The molecule has 0 radical (unpaired) electrons. The van der Waals surface area contributed by atoms with Gasteiger partial charge in [0.25, 0.3) is 5.91 Å². The van der Waals surface area contributed by atoms with E-state index in [0.717, 1.165) is 0 Å². The lowest BCUT2D eigenvalue weighted by Crippen LogP contribution is -2.36. The number of hydrogen-bond donors (Lipinski definition) is 1. The van der Waals surface area contributed by atoms with Gasteiger partial charge in [0.2, 0.25) is 0 Å². The Kier molecular flexibility index (Phi) is 6.98. The largest absolute Gasteiger partial charge is 0.493 e. The molecule has 0 fully saturated rings. The molecule has 0 saturated heterocycles. The molecular formula is C15H20ClNO5. The number of benzene rings is 1. The van der Waals surface area contributed by atoms with Crippen LogP contribution in [0.25, 0.3) is 0 Å². The number of rotatable bonds is 8. The van der Waals surface area contributed by atoms with Crippen LogP contribution in [-0.2, 0) is 4.79 Å². The first-order chi connectivity index (χ1) is 10.4. The zero-order valence-corrected chi connectivity index (χ0v) is 13.6. The molecule has 22 heavy (non-hydrogen) atoms. The average Bonchev–Trinajstić information content (AvgIpc) is 2.47. The number of carbonyl (C=O) groups is 2. The standard InChI is InChI=1S/C15H20ClNO5/c1-4-6-17(9-13(18)19)15(20)10-7-11(16)14(22-5-2)12(8-10)21-3/h7-8H,4-6,9H2,1-3H3,(H,18,19). The van der Waals surface area contributed by atoms with Crippen LogP contribution < -0.4 is 9.47 Å². The fourth-order valence-corrected chi connectivity index (χ4v) is 2.26. The van der Waals surface area contributed by atoms with E-state index >= 15 is 0 Å². The van der Waals surface area contributed by atoms with Crippen molar-refractivity contribution < 1.29 is 24.2 Å². The summed E-state index contributed by atoms with van der Waals surface area (Å²) >= 11 is 6.13. The molecule has 0 saturated carbocycles. The second kappa shape index (κ2) is 8.48. The summed E-state index contributed by atoms with van der Waals surface area (Å²) in [5, 5.41) is 9.16. The number of methoxy groups -OCH3 is 1. The fourth-order valence-electron chi connectivity index (χ4n) is 2.00. The first-order valence-electron chi connectivity index (χ1n) is 6.95. The van der Waals surface area contributed by atoms with Crippen LogP contribution in [-0.4, -0.2) is 48.7 Å². The first kappa shape index (κ1) is 18.1. The molecule has 0 heterocycles. The fraction of sp³-hybridized carbons (Fsp3) is 0.467. The van der Waals surface area contributed by atoms with Crippen LogP contribution in [0.3, 0.4) is 0 Å². The number of halogens is 1. The Hall–Kier alpha value is -1.95. The van der Waals surface area contributed by atoms with Crippen molar-refractivity contribution in [2.24, 2.45) is 0 Å². The van der Waals surface area contributed by atoms with E-state index in [9.17, 15) is 9.59 Å². The van der Waals surface area contributed by atoms with Gasteiger partial charge in [0.1, 0.15) is 6.54 Å². The van der Waals surface area contributed by atoms with Crippen LogP contribution in [0.4, 0.5) is 0 Å². The Bertz CT molecular complexity index is 547. The highest BCUT2D eigenvalue weighted by molar-refractivity contribution is 6.32. The van der Waals surface area contributed by atoms with Gasteiger partial charge in [-0.15, -0.1) is 0 Å². The van der Waals surface area contributed by atoms with Gasteiger partial charge in [-0.3, -0.25) is 9.59 Å². The predicted molar refractivity (Wildman–Crippen MR) is 83.0 cm³/mol. The molecule has 1 rings (SSSR count). The molecule has 0 aliphatic rings. The molecule has 1 N–H and O–H groups in total. The topological polar surface area (TPSA) is 76.1 Å². The molecule has 0 aliphatic carbocycles. The zero-order chi connectivity index (χ0) is 16.7. The van der Waals surface area contributed by atoms with E-state index in [4.69, 9.17) is 26.2 Å². The number of carbonyl (C=O) groups excluding carboxylic acids is 1. The van der Waals surface area contributed by atoms with E-state index in [0.29, 0.717) is 31.1 Å². The molecule has 6 nitrogen and oxygen atoms in total. The normalized spacial score (nSPS) is 10.2. The van der Waals surface area contributed by atoms with Crippen molar-refractivity contribution in [2.75, 3.05) is 26.8 Å². The van der Waals surface area contributed by atoms with E-state index in [-0.39, 0.29) is 17.1 Å². The van der Waals surface area contributed by atoms with Crippen LogP contribution in [0.2, 0.25) is 5.02 Å². The summed E-state index contributed by atoms with van der Waals surface area (Å²) in [6.45, 7) is 4.07. The molecule has 7 heteroatoms. The molecule has 0 atom stereocenters. The van der Waals surface area contributed by atoms with Crippen molar-refractivity contribution in [3.63, 3.8) is 0 Å². The molecule has 0 bridgehead atoms. The minimum absolute atomic E-state index is 0.247. The number of carboxylic acid groups (broad SMARTS) is 1. The molecule has 1 aromatic rings. The average molecular weight is 330 g/mol. The SMILES string of the molecule is CCCN(CC(=O)O)C(=O)c1cc(Cl)c(OCC)c(OC)c1. The highest BCUT2D eigenvalue weighted by atomic mass is 35.5. The Balaban J connectivity index is 3.15. The molecule has 0 aromatic heterocycles. The highest BCUT2D eigenvalue weighted by Gasteiger charge is 2.21. The van der Waals surface area contributed by atoms with Gasteiger partial charge >= 0.3 is 5.97 Å². The maximum Gasteiger partial charge on any atom is 0.323 e. The minimum atomic E-state index is -1.06. The smallest absolute Gasteiger partial charge is 0.323 e. The Morgan fingerprint density at radius 3 is 2.50 bits per heavy atom. The van der Waals surface area contributed by atoms with Gasteiger partial charge in [0.05, 0.1) is 18.7 Å². The molecule has 1 amide bonds. The second-order valence-electron chi connectivity index (χ2n) is 4.54.